The Morgan fingerprint density at radius 3 is 2.04 bits per heavy atom. The molecule has 3 unspecified atom stereocenters. The van der Waals surface area contributed by atoms with E-state index in [-0.39, 0.29) is 24.9 Å². The summed E-state index contributed by atoms with van der Waals surface area (Å²) in [7, 11) is 4.43. The van der Waals surface area contributed by atoms with Crippen molar-refractivity contribution in [2.75, 3.05) is 47.5 Å². The molecular weight excluding hydrogens is 670 g/mol. The van der Waals surface area contributed by atoms with E-state index in [0.717, 1.165) is 17.7 Å². The molecule has 258 valence electrons. The number of primary amides is 1. The number of hydrogen-bond donors (Lipinski definition) is 1. The van der Waals surface area contributed by atoms with E-state index >= 15 is 0 Å². The van der Waals surface area contributed by atoms with Gasteiger partial charge in [-0.3, -0.25) is 14.5 Å². The maximum Gasteiger partial charge on any atom is 0.416 e. The van der Waals surface area contributed by atoms with E-state index in [1.807, 2.05) is 13.0 Å². The molecule has 2 N–H and O–H groups in total. The van der Waals surface area contributed by atoms with E-state index in [1.165, 1.54) is 33.5 Å². The molecule has 2 fully saturated rings. The van der Waals surface area contributed by atoms with Crippen molar-refractivity contribution < 1.29 is 37.0 Å². The first-order chi connectivity index (χ1) is 22.7. The van der Waals surface area contributed by atoms with Crippen LogP contribution in [0.5, 0.6) is 17.2 Å². The Morgan fingerprint density at radius 2 is 1.52 bits per heavy atom. The first-order valence-electron chi connectivity index (χ1n) is 15.5. The predicted molar refractivity (Wildman–Crippen MR) is 177 cm³/mol. The third kappa shape index (κ3) is 6.28. The molecule has 0 saturated carbocycles. The van der Waals surface area contributed by atoms with Gasteiger partial charge in [0.1, 0.15) is 0 Å². The van der Waals surface area contributed by atoms with Crippen LogP contribution in [0, 0.1) is 0 Å². The van der Waals surface area contributed by atoms with Gasteiger partial charge in [-0.25, -0.2) is 0 Å². The molecule has 0 spiro atoms. The van der Waals surface area contributed by atoms with Gasteiger partial charge in [0.05, 0.1) is 42.4 Å². The number of nitrogens with two attached hydrogens (primary N) is 1. The van der Waals surface area contributed by atoms with E-state index < -0.39 is 28.5 Å². The number of likely N-dealkylation sites (tertiary alicyclic amines) is 2. The summed E-state index contributed by atoms with van der Waals surface area (Å²) in [5.74, 6) is 0.148. The molecule has 0 radical (unpaired) electrons. The monoisotopic (exact) mass is 707 g/mol. The third-order valence-electron chi connectivity index (χ3n) is 10.1. The summed E-state index contributed by atoms with van der Waals surface area (Å²) >= 11 is 12.9. The fourth-order valence-electron chi connectivity index (χ4n) is 7.48. The average Bonchev–Trinajstić information content (AvgIpc) is 3.54. The maximum absolute atomic E-state index is 14.2. The molecule has 48 heavy (non-hydrogen) atoms. The van der Waals surface area contributed by atoms with Crippen LogP contribution in [0.15, 0.2) is 54.6 Å². The zero-order chi connectivity index (χ0) is 35.0. The largest absolute Gasteiger partial charge is 0.493 e. The number of halogens is 5. The van der Waals surface area contributed by atoms with E-state index in [0.29, 0.717) is 70.9 Å². The Morgan fingerprint density at radius 1 is 0.896 bits per heavy atom. The molecule has 2 heterocycles. The van der Waals surface area contributed by atoms with Gasteiger partial charge in [0.25, 0.3) is 5.91 Å². The van der Waals surface area contributed by atoms with E-state index in [2.05, 4.69) is 4.90 Å². The number of piperidine rings is 1. The molecule has 0 aromatic heterocycles. The zero-order valence-corrected chi connectivity index (χ0v) is 28.6. The molecule has 0 aliphatic carbocycles. The van der Waals surface area contributed by atoms with Gasteiger partial charge in [-0.05, 0) is 79.9 Å². The number of amides is 2. The van der Waals surface area contributed by atoms with Crippen LogP contribution >= 0.6 is 23.2 Å². The van der Waals surface area contributed by atoms with Gasteiger partial charge in [0, 0.05) is 30.1 Å². The van der Waals surface area contributed by atoms with Crippen molar-refractivity contribution in [2.45, 2.75) is 49.2 Å². The van der Waals surface area contributed by atoms with Crippen molar-refractivity contribution in [3.05, 3.63) is 86.9 Å². The summed E-state index contributed by atoms with van der Waals surface area (Å²) in [6, 6.07) is 12.9. The molecule has 3 aromatic carbocycles. The summed E-state index contributed by atoms with van der Waals surface area (Å²) < 4.78 is 56.8. The standard InChI is InChI=1S/C35H38Cl2F3N3O5/c1-5-42-14-12-33(32(41)45,22-6-8-23(9-7-22)35(38,39)40)19-29(42)34(24-10-11-25(36)26(37)18-24)13-15-43(20-34)31(44)21-16-27(46-2)30(48-4)28(17-21)47-3/h6-11,16-18,29H,5,12-15,19-20H2,1-4H3,(H2,41,45). The number of rotatable bonds is 9. The normalized spacial score (nSPS) is 23.2. The van der Waals surface area contributed by atoms with Crippen LogP contribution in [0.3, 0.4) is 0 Å². The number of methoxy groups -OCH3 is 3. The second-order valence-electron chi connectivity index (χ2n) is 12.3. The number of nitrogens with zero attached hydrogens (tertiary/aromatic N) is 2. The number of carbonyl (C=O) groups excluding carboxylic acids is 2. The van der Waals surface area contributed by atoms with E-state index in [9.17, 15) is 22.8 Å². The molecule has 13 heteroatoms. The van der Waals surface area contributed by atoms with Gasteiger partial charge in [-0.1, -0.05) is 48.3 Å². The quantitative estimate of drug-likeness (QED) is 0.265. The summed E-state index contributed by atoms with van der Waals surface area (Å²) in [4.78, 5) is 31.6. The zero-order valence-electron chi connectivity index (χ0n) is 27.1. The number of likely N-dealkylation sites (N-methyl/N-ethyl adjacent to an activating group) is 1. The van der Waals surface area contributed by atoms with Crippen molar-refractivity contribution >= 4 is 35.0 Å². The third-order valence-corrected chi connectivity index (χ3v) is 10.8. The van der Waals surface area contributed by atoms with E-state index in [1.54, 1.807) is 29.2 Å². The number of carbonyl (C=O) groups is 2. The Balaban J connectivity index is 1.60. The van der Waals surface area contributed by atoms with Gasteiger partial charge in [0.2, 0.25) is 11.7 Å². The fraction of sp³-hybridized carbons (Fsp3) is 0.429. The minimum atomic E-state index is -4.53. The number of ether oxygens (including phenoxy) is 3. The molecular formula is C35H38Cl2F3N3O5. The van der Waals surface area contributed by atoms with Gasteiger partial charge in [-0.15, -0.1) is 0 Å². The first kappa shape index (κ1) is 35.6. The molecule has 3 aromatic rings. The minimum Gasteiger partial charge on any atom is -0.493 e. The molecule has 8 nitrogen and oxygen atoms in total. The smallest absolute Gasteiger partial charge is 0.416 e. The van der Waals surface area contributed by atoms with Crippen LogP contribution in [-0.4, -0.2) is 75.2 Å². The van der Waals surface area contributed by atoms with Crippen LogP contribution in [0.1, 0.15) is 53.2 Å². The first-order valence-corrected chi connectivity index (χ1v) is 16.3. The second-order valence-corrected chi connectivity index (χ2v) is 13.1. The van der Waals surface area contributed by atoms with Crippen molar-refractivity contribution in [3.63, 3.8) is 0 Å². The lowest BCUT2D eigenvalue weighted by Crippen LogP contribution is -2.61. The van der Waals surface area contributed by atoms with Crippen molar-refractivity contribution in [1.82, 2.24) is 9.80 Å². The van der Waals surface area contributed by atoms with Crippen LogP contribution in [0.2, 0.25) is 10.0 Å². The van der Waals surface area contributed by atoms with Crippen LogP contribution in [0.4, 0.5) is 13.2 Å². The Kier molecular flexibility index (Phi) is 10.2. The molecule has 2 aliphatic heterocycles. The summed E-state index contributed by atoms with van der Waals surface area (Å²) in [5, 5.41) is 0.705. The number of alkyl halides is 3. The summed E-state index contributed by atoms with van der Waals surface area (Å²) in [6.45, 7) is 3.71. The van der Waals surface area contributed by atoms with Gasteiger partial charge < -0.3 is 24.8 Å². The minimum absolute atomic E-state index is 0.216. The number of hydrogen-bond acceptors (Lipinski definition) is 6. The highest BCUT2D eigenvalue weighted by Gasteiger charge is 2.55. The lowest BCUT2D eigenvalue weighted by Gasteiger charge is -2.52. The number of benzene rings is 3. The molecule has 2 amide bonds. The fourth-order valence-corrected chi connectivity index (χ4v) is 7.78. The lowest BCUT2D eigenvalue weighted by molar-refractivity contribution is -0.137. The average molecular weight is 709 g/mol. The Hall–Kier alpha value is -3.67. The molecule has 0 bridgehead atoms. The molecule has 3 atom stereocenters. The topological polar surface area (TPSA) is 94.3 Å². The maximum atomic E-state index is 14.2. The van der Waals surface area contributed by atoms with Crippen molar-refractivity contribution in [2.24, 2.45) is 5.73 Å². The highest BCUT2D eigenvalue weighted by molar-refractivity contribution is 6.42. The Bertz CT molecular complexity index is 1660. The van der Waals surface area contributed by atoms with Crippen LogP contribution in [0.25, 0.3) is 0 Å². The predicted octanol–water partition coefficient (Wildman–Crippen LogP) is 6.73. The molecule has 2 saturated heterocycles. The Labute approximate surface area is 287 Å². The highest BCUT2D eigenvalue weighted by Crippen LogP contribution is 2.50. The summed E-state index contributed by atoms with van der Waals surface area (Å²) in [5.41, 5.74) is 4.92. The SMILES string of the molecule is CCN1CCC(C(N)=O)(c2ccc(C(F)(F)F)cc2)CC1C1(c2ccc(Cl)c(Cl)c2)CCN(C(=O)c2cc(OC)c(OC)c(OC)c2)C1. The summed E-state index contributed by atoms with van der Waals surface area (Å²) in [6.07, 6.45) is -3.48. The van der Waals surface area contributed by atoms with Crippen LogP contribution in [-0.2, 0) is 21.8 Å². The van der Waals surface area contributed by atoms with Gasteiger partial charge >= 0.3 is 6.18 Å². The lowest BCUT2D eigenvalue weighted by atomic mass is 9.61. The van der Waals surface area contributed by atoms with Gasteiger partial charge in [0.15, 0.2) is 11.5 Å². The highest BCUT2D eigenvalue weighted by atomic mass is 35.5. The van der Waals surface area contributed by atoms with Crippen LogP contribution < -0.4 is 19.9 Å². The van der Waals surface area contributed by atoms with Crippen molar-refractivity contribution in [1.29, 1.82) is 0 Å². The van der Waals surface area contributed by atoms with Gasteiger partial charge in [-0.2, -0.15) is 13.2 Å². The molecule has 2 aliphatic rings. The van der Waals surface area contributed by atoms with Crippen molar-refractivity contribution in [3.8, 4) is 17.2 Å². The molecule has 5 rings (SSSR count). The second kappa shape index (κ2) is 13.7. The van der Waals surface area contributed by atoms with E-state index in [4.69, 9.17) is 43.1 Å².